The molecule has 1 heterocycles. The van der Waals surface area contributed by atoms with Crippen LogP contribution in [-0.2, 0) is 19.1 Å². The lowest BCUT2D eigenvalue weighted by Gasteiger charge is -2.38. The maximum absolute atomic E-state index is 12.8. The predicted octanol–water partition coefficient (Wildman–Crippen LogP) is 0.940. The van der Waals surface area contributed by atoms with Crippen molar-refractivity contribution in [3.8, 4) is 0 Å². The van der Waals surface area contributed by atoms with Crippen LogP contribution in [0.3, 0.4) is 0 Å². The van der Waals surface area contributed by atoms with Gasteiger partial charge in [-0.25, -0.2) is 5.01 Å². The zero-order valence-electron chi connectivity index (χ0n) is 14.9. The molecule has 0 spiro atoms. The summed E-state index contributed by atoms with van der Waals surface area (Å²) in [6, 6.07) is 6.42. The van der Waals surface area contributed by atoms with Crippen LogP contribution in [0.1, 0.15) is 29.6 Å². The Bertz CT molecular complexity index is 804. The number of carbonyl (C=O) groups is 4. The Balaban J connectivity index is 1.72. The molecule has 1 aliphatic carbocycles. The van der Waals surface area contributed by atoms with E-state index in [-0.39, 0.29) is 42.5 Å². The Labute approximate surface area is 156 Å². The van der Waals surface area contributed by atoms with Gasteiger partial charge < -0.3 is 10.1 Å². The topological polar surface area (TPSA) is 105 Å². The highest BCUT2D eigenvalue weighted by Gasteiger charge is 2.42. The van der Waals surface area contributed by atoms with Crippen molar-refractivity contribution in [1.29, 1.82) is 0 Å². The average molecular weight is 371 g/mol. The van der Waals surface area contributed by atoms with Crippen molar-refractivity contribution in [1.82, 2.24) is 10.7 Å². The van der Waals surface area contributed by atoms with Gasteiger partial charge in [-0.15, -0.1) is 0 Å². The number of fused-ring (bicyclic) bond motifs is 1. The van der Waals surface area contributed by atoms with Crippen LogP contribution >= 0.6 is 0 Å². The summed E-state index contributed by atoms with van der Waals surface area (Å²) in [5.74, 6) is -1.91. The summed E-state index contributed by atoms with van der Waals surface area (Å²) in [5.41, 5.74) is 3.37. The quantitative estimate of drug-likeness (QED) is 0.592. The third kappa shape index (κ3) is 3.99. The first-order valence-electron chi connectivity index (χ1n) is 8.76. The second-order valence-electron chi connectivity index (χ2n) is 6.44. The highest BCUT2D eigenvalue weighted by molar-refractivity contribution is 6.05. The molecule has 1 aromatic rings. The van der Waals surface area contributed by atoms with E-state index in [9.17, 15) is 19.2 Å². The van der Waals surface area contributed by atoms with Gasteiger partial charge in [-0.2, -0.15) is 0 Å². The fourth-order valence-electron chi connectivity index (χ4n) is 3.25. The minimum Gasteiger partial charge on any atom is -0.469 e. The molecule has 1 aromatic carbocycles. The van der Waals surface area contributed by atoms with Gasteiger partial charge in [0.15, 0.2) is 0 Å². The predicted molar refractivity (Wildman–Crippen MR) is 96.4 cm³/mol. The largest absolute Gasteiger partial charge is 0.469 e. The number of ether oxygens (including phenoxy) is 1. The SMILES string of the molecule is COC(=O)CCNC(=O)c1cccc(N2NC(=O)[C@@H]3CC=CC[C@@H]3C2=O)c1. The van der Waals surface area contributed by atoms with E-state index in [1.807, 2.05) is 12.2 Å². The fourth-order valence-corrected chi connectivity index (χ4v) is 3.25. The third-order valence-corrected chi connectivity index (χ3v) is 4.74. The molecule has 3 rings (SSSR count). The summed E-state index contributed by atoms with van der Waals surface area (Å²) in [6.45, 7) is 0.144. The molecule has 0 bridgehead atoms. The van der Waals surface area contributed by atoms with E-state index >= 15 is 0 Å². The van der Waals surface area contributed by atoms with Crippen LogP contribution in [0.5, 0.6) is 0 Å². The number of hydrogen-bond acceptors (Lipinski definition) is 5. The summed E-state index contributed by atoms with van der Waals surface area (Å²) in [7, 11) is 1.28. The molecule has 1 aliphatic heterocycles. The molecule has 8 nitrogen and oxygen atoms in total. The summed E-state index contributed by atoms with van der Waals surface area (Å²) in [4.78, 5) is 48.5. The molecule has 1 fully saturated rings. The van der Waals surface area contributed by atoms with E-state index in [1.165, 1.54) is 18.2 Å². The number of amides is 3. The molecular formula is C19H21N3O5. The zero-order valence-corrected chi connectivity index (χ0v) is 14.9. The number of nitrogens with zero attached hydrogens (tertiary/aromatic N) is 1. The molecule has 2 aliphatic rings. The number of benzene rings is 1. The van der Waals surface area contributed by atoms with Gasteiger partial charge in [-0.3, -0.25) is 24.6 Å². The molecular weight excluding hydrogens is 350 g/mol. The van der Waals surface area contributed by atoms with Crippen LogP contribution in [0.25, 0.3) is 0 Å². The summed E-state index contributed by atoms with van der Waals surface area (Å²) in [6.07, 6.45) is 4.99. The zero-order chi connectivity index (χ0) is 19.4. The lowest BCUT2D eigenvalue weighted by atomic mass is 9.80. The van der Waals surface area contributed by atoms with Crippen molar-refractivity contribution in [2.75, 3.05) is 18.7 Å². The summed E-state index contributed by atoms with van der Waals surface area (Å²) < 4.78 is 4.52. The van der Waals surface area contributed by atoms with Gasteiger partial charge in [0.05, 0.1) is 31.1 Å². The van der Waals surface area contributed by atoms with Crippen LogP contribution in [0, 0.1) is 11.8 Å². The number of allylic oxidation sites excluding steroid dienone is 2. The van der Waals surface area contributed by atoms with Crippen LogP contribution in [0.15, 0.2) is 36.4 Å². The Hall–Kier alpha value is -3.16. The van der Waals surface area contributed by atoms with Gasteiger partial charge in [0.2, 0.25) is 11.8 Å². The smallest absolute Gasteiger partial charge is 0.307 e. The highest BCUT2D eigenvalue weighted by Crippen LogP contribution is 2.32. The van der Waals surface area contributed by atoms with E-state index < -0.39 is 5.97 Å². The van der Waals surface area contributed by atoms with Gasteiger partial charge in [0.25, 0.3) is 5.91 Å². The number of esters is 1. The molecule has 0 aromatic heterocycles. The molecule has 142 valence electrons. The van der Waals surface area contributed by atoms with Gasteiger partial charge >= 0.3 is 5.97 Å². The summed E-state index contributed by atoms with van der Waals surface area (Å²) in [5, 5.41) is 3.84. The van der Waals surface area contributed by atoms with Gasteiger partial charge in [-0.1, -0.05) is 18.2 Å². The van der Waals surface area contributed by atoms with E-state index in [4.69, 9.17) is 0 Å². The number of hydrazine groups is 1. The molecule has 8 heteroatoms. The van der Waals surface area contributed by atoms with Crippen molar-refractivity contribution < 1.29 is 23.9 Å². The van der Waals surface area contributed by atoms with E-state index in [0.717, 1.165) is 0 Å². The van der Waals surface area contributed by atoms with E-state index in [2.05, 4.69) is 15.5 Å². The molecule has 3 amide bonds. The first-order chi connectivity index (χ1) is 13.0. The number of nitrogens with one attached hydrogen (secondary N) is 2. The van der Waals surface area contributed by atoms with Crippen LogP contribution in [-0.4, -0.2) is 37.3 Å². The molecule has 1 saturated heterocycles. The number of hydrogen-bond donors (Lipinski definition) is 2. The average Bonchev–Trinajstić information content (AvgIpc) is 2.70. The Morgan fingerprint density at radius 2 is 1.96 bits per heavy atom. The first-order valence-corrected chi connectivity index (χ1v) is 8.76. The Morgan fingerprint density at radius 1 is 1.22 bits per heavy atom. The molecule has 0 unspecified atom stereocenters. The van der Waals surface area contributed by atoms with Crippen molar-refractivity contribution in [2.45, 2.75) is 19.3 Å². The number of rotatable bonds is 5. The maximum Gasteiger partial charge on any atom is 0.307 e. The van der Waals surface area contributed by atoms with Gasteiger partial charge in [0, 0.05) is 12.1 Å². The van der Waals surface area contributed by atoms with Crippen LogP contribution < -0.4 is 15.8 Å². The van der Waals surface area contributed by atoms with Crippen molar-refractivity contribution >= 4 is 29.4 Å². The lowest BCUT2D eigenvalue weighted by Crippen LogP contribution is -2.59. The first kappa shape index (κ1) is 18.6. The van der Waals surface area contributed by atoms with Crippen LogP contribution in [0.4, 0.5) is 5.69 Å². The number of carbonyl (C=O) groups excluding carboxylic acids is 4. The number of anilines is 1. The van der Waals surface area contributed by atoms with E-state index in [0.29, 0.717) is 24.1 Å². The Kier molecular flexibility index (Phi) is 5.54. The third-order valence-electron chi connectivity index (χ3n) is 4.74. The molecule has 0 saturated carbocycles. The molecule has 2 N–H and O–H groups in total. The van der Waals surface area contributed by atoms with Crippen molar-refractivity contribution in [2.24, 2.45) is 11.8 Å². The van der Waals surface area contributed by atoms with Gasteiger partial charge in [-0.05, 0) is 31.0 Å². The highest BCUT2D eigenvalue weighted by atomic mass is 16.5. The van der Waals surface area contributed by atoms with Gasteiger partial charge in [0.1, 0.15) is 0 Å². The second-order valence-corrected chi connectivity index (χ2v) is 6.44. The van der Waals surface area contributed by atoms with E-state index in [1.54, 1.807) is 18.2 Å². The lowest BCUT2D eigenvalue weighted by molar-refractivity contribution is -0.140. The maximum atomic E-state index is 12.8. The number of methoxy groups -OCH3 is 1. The van der Waals surface area contributed by atoms with Crippen molar-refractivity contribution in [3.05, 3.63) is 42.0 Å². The molecule has 2 atom stereocenters. The second kappa shape index (κ2) is 8.03. The standard InChI is InChI=1S/C19H21N3O5/c1-27-16(23)9-10-20-17(24)12-5-4-6-13(11-12)22-19(26)15-8-3-2-7-14(15)18(25)21-22/h2-6,11,14-15H,7-10H2,1H3,(H,20,24)(H,21,25)/t14-,15+/m1/s1. The monoisotopic (exact) mass is 371 g/mol. The summed E-state index contributed by atoms with van der Waals surface area (Å²) >= 11 is 0. The van der Waals surface area contributed by atoms with Crippen LogP contribution in [0.2, 0.25) is 0 Å². The normalized spacial score (nSPS) is 21.3. The minimum absolute atomic E-state index is 0.0686. The minimum atomic E-state index is -0.415. The van der Waals surface area contributed by atoms with Crippen molar-refractivity contribution in [3.63, 3.8) is 0 Å². The molecule has 27 heavy (non-hydrogen) atoms. The fraction of sp³-hybridized carbons (Fsp3) is 0.368. The Morgan fingerprint density at radius 3 is 2.70 bits per heavy atom. The molecule has 0 radical (unpaired) electrons.